The first kappa shape index (κ1) is 22.7. The largest absolute Gasteiger partial charge is 0.459 e. The van der Waals surface area contributed by atoms with Gasteiger partial charge in [-0.25, -0.2) is 4.79 Å². The minimum Gasteiger partial charge on any atom is -0.459 e. The maximum atomic E-state index is 12.9. The quantitative estimate of drug-likeness (QED) is 0.295. The average molecular weight is 448 g/mol. The molecule has 4 rings (SSSR count). The van der Waals surface area contributed by atoms with Gasteiger partial charge in [0, 0.05) is 26.9 Å². The fraction of sp³-hybridized carbons (Fsp3) is 0.609. The second kappa shape index (κ2) is 7.54. The maximum Gasteiger partial charge on any atom is 0.345 e. The van der Waals surface area contributed by atoms with Crippen molar-refractivity contribution in [1.82, 2.24) is 0 Å². The summed E-state index contributed by atoms with van der Waals surface area (Å²) in [5.74, 6) is -2.70. The van der Waals surface area contributed by atoms with E-state index in [0.29, 0.717) is 6.29 Å². The maximum absolute atomic E-state index is 12.9. The zero-order valence-corrected chi connectivity index (χ0v) is 18.6. The topological polar surface area (TPSA) is 121 Å². The van der Waals surface area contributed by atoms with Gasteiger partial charge in [0.1, 0.15) is 24.1 Å². The molecule has 0 unspecified atom stereocenters. The molecule has 4 heterocycles. The summed E-state index contributed by atoms with van der Waals surface area (Å²) in [5.41, 5.74) is -1.90. The van der Waals surface area contributed by atoms with Gasteiger partial charge < -0.3 is 28.8 Å². The van der Waals surface area contributed by atoms with E-state index >= 15 is 0 Å². The number of ether oxygens (including phenoxy) is 5. The van der Waals surface area contributed by atoms with E-state index in [0.717, 1.165) is 5.57 Å². The van der Waals surface area contributed by atoms with Gasteiger partial charge in [-0.2, -0.15) is 0 Å². The molecular weight excluding hydrogens is 420 g/mol. The van der Waals surface area contributed by atoms with Crippen molar-refractivity contribution in [2.75, 3.05) is 7.11 Å². The van der Waals surface area contributed by atoms with Crippen LogP contribution >= 0.6 is 0 Å². The molecular formula is C23H28O9. The van der Waals surface area contributed by atoms with E-state index < -0.39 is 47.2 Å². The molecule has 32 heavy (non-hydrogen) atoms. The molecule has 0 aromatic rings. The van der Waals surface area contributed by atoms with Gasteiger partial charge in [0.2, 0.25) is 11.4 Å². The summed E-state index contributed by atoms with van der Waals surface area (Å²) in [7, 11) is 1.42. The van der Waals surface area contributed by atoms with Crippen molar-refractivity contribution < 1.29 is 43.2 Å². The SMILES string of the molecule is C=C(C)[C@@H]1C[C@@H](OC(C)=O)[C@@]23O[C@H]2[C@H](C[C@@](C)(O)/C=C2/C=C(C=O)[C@](OC)(C1)O2)OC3=O. The minimum absolute atomic E-state index is 0.0268. The van der Waals surface area contributed by atoms with Crippen molar-refractivity contribution in [2.45, 2.75) is 75.3 Å². The van der Waals surface area contributed by atoms with Crippen LogP contribution in [0.4, 0.5) is 0 Å². The predicted octanol–water partition coefficient (Wildman–Crippen LogP) is 1.49. The normalized spacial score (nSPS) is 44.2. The standard InChI is InChI=1S/C23H28O9/c1-12(2)14-6-18(29-13(3)25)23-19(32-23)17(30-20(23)26)10-21(4,27)9-16-7-15(11-24)22(8-14,28-5)31-16/h7,9,11,14,17-19,27H,1,6,8,10H2,2-5H3/b16-9-/t14-,17+,18-,19+,21+,22+,23-/m1/s1. The van der Waals surface area contributed by atoms with Gasteiger partial charge in [0.05, 0.1) is 11.2 Å². The van der Waals surface area contributed by atoms with Crippen molar-refractivity contribution in [3.05, 3.63) is 35.6 Å². The Balaban J connectivity index is 1.81. The van der Waals surface area contributed by atoms with Crippen molar-refractivity contribution in [3.63, 3.8) is 0 Å². The van der Waals surface area contributed by atoms with Crippen molar-refractivity contribution in [2.24, 2.45) is 5.92 Å². The molecule has 0 aliphatic carbocycles. The molecule has 1 N–H and O–H groups in total. The summed E-state index contributed by atoms with van der Waals surface area (Å²) in [5, 5.41) is 11.0. The molecule has 4 aliphatic rings. The van der Waals surface area contributed by atoms with Gasteiger partial charge in [0.15, 0.2) is 6.29 Å². The molecule has 0 radical (unpaired) electrons. The highest BCUT2D eigenvalue weighted by atomic mass is 16.7. The highest BCUT2D eigenvalue weighted by molar-refractivity contribution is 5.88. The Labute approximate surface area is 186 Å². The fourth-order valence-corrected chi connectivity index (χ4v) is 4.99. The molecule has 7 atom stereocenters. The fourth-order valence-electron chi connectivity index (χ4n) is 4.99. The lowest BCUT2D eigenvalue weighted by atomic mass is 9.81. The number of aliphatic hydroxyl groups is 1. The summed E-state index contributed by atoms with van der Waals surface area (Å²) < 4.78 is 28.6. The molecule has 0 saturated carbocycles. The molecule has 0 spiro atoms. The Morgan fingerprint density at radius 1 is 1.34 bits per heavy atom. The third kappa shape index (κ3) is 3.58. The van der Waals surface area contributed by atoms with Crippen LogP contribution in [0.1, 0.15) is 40.0 Å². The average Bonchev–Trinajstić information content (AvgIpc) is 3.28. The van der Waals surface area contributed by atoms with E-state index in [1.165, 1.54) is 26.2 Å². The number of epoxide rings is 1. The van der Waals surface area contributed by atoms with Crippen LogP contribution in [-0.2, 0) is 38.1 Å². The molecule has 0 aromatic carbocycles. The van der Waals surface area contributed by atoms with Crippen LogP contribution in [-0.4, -0.2) is 65.7 Å². The highest BCUT2D eigenvalue weighted by Gasteiger charge is 2.78. The number of carbonyl (C=O) groups excluding carboxylic acids is 3. The summed E-state index contributed by atoms with van der Waals surface area (Å²) in [4.78, 5) is 36.6. The van der Waals surface area contributed by atoms with Crippen LogP contribution in [0.25, 0.3) is 0 Å². The molecule has 2 saturated heterocycles. The monoisotopic (exact) mass is 448 g/mol. The van der Waals surface area contributed by atoms with Gasteiger partial charge in [-0.05, 0) is 38.3 Å². The second-order valence-electron chi connectivity index (χ2n) is 9.24. The van der Waals surface area contributed by atoms with Crippen molar-refractivity contribution in [3.8, 4) is 0 Å². The molecule has 4 aliphatic heterocycles. The molecule has 0 aromatic heterocycles. The lowest BCUT2D eigenvalue weighted by molar-refractivity contribution is -0.175. The van der Waals surface area contributed by atoms with Crippen molar-refractivity contribution >= 4 is 18.2 Å². The smallest absolute Gasteiger partial charge is 0.345 e. The lowest BCUT2D eigenvalue weighted by Gasteiger charge is -2.34. The number of methoxy groups -OCH3 is 1. The van der Waals surface area contributed by atoms with Gasteiger partial charge >= 0.3 is 11.9 Å². The number of hydrogen-bond acceptors (Lipinski definition) is 9. The number of aldehydes is 1. The molecule has 0 amide bonds. The predicted molar refractivity (Wildman–Crippen MR) is 109 cm³/mol. The first-order chi connectivity index (χ1) is 15.0. The minimum atomic E-state index is -1.45. The van der Waals surface area contributed by atoms with Crippen molar-refractivity contribution in [1.29, 1.82) is 0 Å². The molecule has 2 fully saturated rings. The van der Waals surface area contributed by atoms with E-state index in [1.807, 2.05) is 0 Å². The summed E-state index contributed by atoms with van der Waals surface area (Å²) >= 11 is 0. The van der Waals surface area contributed by atoms with Crippen LogP contribution in [0.3, 0.4) is 0 Å². The van der Waals surface area contributed by atoms with Crippen LogP contribution in [0.2, 0.25) is 0 Å². The van der Waals surface area contributed by atoms with E-state index in [2.05, 4.69) is 6.58 Å². The van der Waals surface area contributed by atoms with Gasteiger partial charge in [0.25, 0.3) is 0 Å². The van der Waals surface area contributed by atoms with Crippen LogP contribution in [0.5, 0.6) is 0 Å². The van der Waals surface area contributed by atoms with Gasteiger partial charge in [-0.1, -0.05) is 12.2 Å². The van der Waals surface area contributed by atoms with E-state index in [1.54, 1.807) is 13.8 Å². The number of fused-ring (bicyclic) bond motifs is 2. The first-order valence-corrected chi connectivity index (χ1v) is 10.5. The lowest BCUT2D eigenvalue weighted by Crippen LogP contribution is -2.43. The molecule has 9 nitrogen and oxygen atoms in total. The molecule has 9 heteroatoms. The zero-order valence-electron chi connectivity index (χ0n) is 18.6. The van der Waals surface area contributed by atoms with Crippen LogP contribution in [0, 0.1) is 5.92 Å². The number of esters is 2. The van der Waals surface area contributed by atoms with E-state index in [9.17, 15) is 19.5 Å². The molecule has 174 valence electrons. The number of hydrogen-bond donors (Lipinski definition) is 1. The second-order valence-corrected chi connectivity index (χ2v) is 9.24. The third-order valence-corrected chi connectivity index (χ3v) is 6.64. The van der Waals surface area contributed by atoms with Crippen LogP contribution < -0.4 is 0 Å². The summed E-state index contributed by atoms with van der Waals surface area (Å²) in [6.07, 6.45) is 1.69. The number of carbonyl (C=O) groups is 3. The summed E-state index contributed by atoms with van der Waals surface area (Å²) in [6, 6.07) is 0. The Hall–Kier alpha value is -2.49. The molecule has 4 bridgehead atoms. The third-order valence-electron chi connectivity index (χ3n) is 6.64. The zero-order chi connectivity index (χ0) is 23.5. The Bertz CT molecular complexity index is 932. The number of rotatable bonds is 4. The Morgan fingerprint density at radius 3 is 2.62 bits per heavy atom. The Morgan fingerprint density at radius 2 is 2.06 bits per heavy atom. The highest BCUT2D eigenvalue weighted by Crippen LogP contribution is 2.54. The van der Waals surface area contributed by atoms with Gasteiger partial charge in [-0.15, -0.1) is 0 Å². The Kier molecular flexibility index (Phi) is 5.34. The first-order valence-electron chi connectivity index (χ1n) is 10.5. The van der Waals surface area contributed by atoms with E-state index in [-0.39, 0.29) is 36.5 Å². The van der Waals surface area contributed by atoms with E-state index in [4.69, 9.17) is 23.7 Å². The van der Waals surface area contributed by atoms with Gasteiger partial charge in [-0.3, -0.25) is 9.59 Å². The summed E-state index contributed by atoms with van der Waals surface area (Å²) in [6.45, 7) is 8.65. The van der Waals surface area contributed by atoms with Crippen LogP contribution in [0.15, 0.2) is 35.6 Å². The number of allylic oxidation sites excluding steroid dienone is 2.